The Morgan fingerprint density at radius 2 is 2.10 bits per heavy atom. The Hall–Kier alpha value is -0.880. The number of carboxylic acid groups (broad SMARTS) is 1. The van der Waals surface area contributed by atoms with Crippen LogP contribution in [0.3, 0.4) is 0 Å². The lowest BCUT2D eigenvalue weighted by Crippen LogP contribution is -2.36. The molecular formula is C15H20BrNO3S. The molecule has 116 valence electrons. The van der Waals surface area contributed by atoms with Gasteiger partial charge in [-0.25, -0.2) is 0 Å². The van der Waals surface area contributed by atoms with Gasteiger partial charge in [-0.1, -0.05) is 13.3 Å². The second kappa shape index (κ2) is 7.40. The topological polar surface area (TPSA) is 66.4 Å². The number of thiophene rings is 1. The molecule has 0 bridgehead atoms. The van der Waals surface area contributed by atoms with Crippen molar-refractivity contribution >= 4 is 39.1 Å². The van der Waals surface area contributed by atoms with Crippen LogP contribution < -0.4 is 5.32 Å². The monoisotopic (exact) mass is 373 g/mol. The number of amides is 1. The van der Waals surface area contributed by atoms with Crippen LogP contribution in [0.1, 0.15) is 31.1 Å². The van der Waals surface area contributed by atoms with Gasteiger partial charge in [0.1, 0.15) is 0 Å². The summed E-state index contributed by atoms with van der Waals surface area (Å²) in [4.78, 5) is 24.7. The number of rotatable bonds is 6. The molecule has 2 N–H and O–H groups in total. The van der Waals surface area contributed by atoms with Gasteiger partial charge in [-0.3, -0.25) is 9.59 Å². The van der Waals surface area contributed by atoms with E-state index in [2.05, 4.69) is 28.2 Å². The largest absolute Gasteiger partial charge is 0.481 e. The lowest BCUT2D eigenvalue weighted by atomic mass is 9.95. The van der Waals surface area contributed by atoms with Crippen LogP contribution in [-0.4, -0.2) is 23.5 Å². The third kappa shape index (κ3) is 4.30. The second-order valence-corrected chi connectivity index (χ2v) is 8.09. The number of hydrogen-bond acceptors (Lipinski definition) is 3. The van der Waals surface area contributed by atoms with Gasteiger partial charge in [0, 0.05) is 11.4 Å². The predicted molar refractivity (Wildman–Crippen MR) is 86.4 cm³/mol. The number of carbonyl (C=O) groups excluding carboxylic acids is 1. The van der Waals surface area contributed by atoms with E-state index in [0.29, 0.717) is 25.3 Å². The van der Waals surface area contributed by atoms with E-state index in [4.69, 9.17) is 0 Å². The van der Waals surface area contributed by atoms with Crippen LogP contribution in [-0.2, 0) is 16.0 Å². The molecule has 1 heterocycles. The highest BCUT2D eigenvalue weighted by molar-refractivity contribution is 9.11. The summed E-state index contributed by atoms with van der Waals surface area (Å²) >= 11 is 5.06. The first-order valence-corrected chi connectivity index (χ1v) is 8.87. The molecule has 1 unspecified atom stereocenters. The summed E-state index contributed by atoms with van der Waals surface area (Å²) < 4.78 is 1.08. The summed E-state index contributed by atoms with van der Waals surface area (Å²) in [5, 5.41) is 12.2. The van der Waals surface area contributed by atoms with Gasteiger partial charge in [-0.05, 0) is 53.2 Å². The van der Waals surface area contributed by atoms with E-state index in [1.165, 1.54) is 4.88 Å². The standard InChI is InChI=1S/C15H20BrNO3S/c1-2-9-7-11(12(8-9)15(19)20)14(18)17-6-5-10-3-4-13(16)21-10/h3-4,9,11-12H,2,5-8H2,1H3,(H,17,18)(H,19,20)/t9?,11-,12+/m0/s1. The van der Waals surface area contributed by atoms with Gasteiger partial charge in [-0.15, -0.1) is 11.3 Å². The normalized spacial score (nSPS) is 25.0. The molecule has 1 fully saturated rings. The van der Waals surface area contributed by atoms with Gasteiger partial charge in [0.25, 0.3) is 0 Å². The molecule has 0 saturated heterocycles. The van der Waals surface area contributed by atoms with Crippen molar-refractivity contribution in [2.45, 2.75) is 32.6 Å². The van der Waals surface area contributed by atoms with Crippen LogP contribution >= 0.6 is 27.3 Å². The Kier molecular flexibility index (Phi) is 5.81. The number of hydrogen-bond donors (Lipinski definition) is 2. The molecule has 0 aromatic carbocycles. The highest BCUT2D eigenvalue weighted by Gasteiger charge is 2.41. The van der Waals surface area contributed by atoms with Gasteiger partial charge >= 0.3 is 5.97 Å². The van der Waals surface area contributed by atoms with E-state index < -0.39 is 11.9 Å². The molecule has 6 heteroatoms. The molecule has 1 saturated carbocycles. The molecule has 3 atom stereocenters. The van der Waals surface area contributed by atoms with E-state index in [1.54, 1.807) is 11.3 Å². The molecule has 2 rings (SSSR count). The fourth-order valence-corrected chi connectivity index (χ4v) is 4.45. The Labute approximate surface area is 137 Å². The van der Waals surface area contributed by atoms with Gasteiger partial charge in [0.05, 0.1) is 15.6 Å². The van der Waals surface area contributed by atoms with Crippen LogP contribution in [0.25, 0.3) is 0 Å². The van der Waals surface area contributed by atoms with Gasteiger partial charge in [-0.2, -0.15) is 0 Å². The van der Waals surface area contributed by atoms with Gasteiger partial charge < -0.3 is 10.4 Å². The molecular weight excluding hydrogens is 354 g/mol. The van der Waals surface area contributed by atoms with Crippen molar-refractivity contribution in [1.29, 1.82) is 0 Å². The predicted octanol–water partition coefficient (Wildman–Crippen LogP) is 3.31. The highest BCUT2D eigenvalue weighted by Crippen LogP contribution is 2.38. The Morgan fingerprint density at radius 3 is 2.67 bits per heavy atom. The van der Waals surface area contributed by atoms with E-state index >= 15 is 0 Å². The number of halogens is 1. The first kappa shape index (κ1) is 16.5. The van der Waals surface area contributed by atoms with Crippen LogP contribution in [0.15, 0.2) is 15.9 Å². The van der Waals surface area contributed by atoms with Crippen LogP contribution in [0.4, 0.5) is 0 Å². The molecule has 0 radical (unpaired) electrons. The van der Waals surface area contributed by atoms with E-state index in [0.717, 1.165) is 16.6 Å². The summed E-state index contributed by atoms with van der Waals surface area (Å²) in [6.07, 6.45) is 3.05. The van der Waals surface area contributed by atoms with Crippen LogP contribution in [0.2, 0.25) is 0 Å². The molecule has 21 heavy (non-hydrogen) atoms. The quantitative estimate of drug-likeness (QED) is 0.803. The smallest absolute Gasteiger partial charge is 0.307 e. The maximum Gasteiger partial charge on any atom is 0.307 e. The molecule has 0 aliphatic heterocycles. The summed E-state index contributed by atoms with van der Waals surface area (Å²) in [5.41, 5.74) is 0. The molecule has 1 amide bonds. The lowest BCUT2D eigenvalue weighted by molar-refractivity contribution is -0.146. The molecule has 1 aromatic rings. The summed E-state index contributed by atoms with van der Waals surface area (Å²) in [6.45, 7) is 2.62. The van der Waals surface area contributed by atoms with E-state index in [1.807, 2.05) is 12.1 Å². The number of nitrogens with one attached hydrogen (secondary N) is 1. The molecule has 1 aliphatic carbocycles. The SMILES string of the molecule is CCC1C[C@H](C(=O)NCCc2ccc(Br)s2)[C@H](C(=O)O)C1. The number of aliphatic carboxylic acids is 1. The average molecular weight is 374 g/mol. The van der Waals surface area contributed by atoms with Crippen LogP contribution in [0.5, 0.6) is 0 Å². The van der Waals surface area contributed by atoms with Crippen molar-refractivity contribution in [2.75, 3.05) is 6.54 Å². The Morgan fingerprint density at radius 1 is 1.38 bits per heavy atom. The third-order valence-electron chi connectivity index (χ3n) is 4.19. The maximum absolute atomic E-state index is 12.2. The first-order valence-electron chi connectivity index (χ1n) is 7.26. The molecule has 0 spiro atoms. The minimum Gasteiger partial charge on any atom is -0.481 e. The maximum atomic E-state index is 12.2. The van der Waals surface area contributed by atoms with E-state index in [9.17, 15) is 14.7 Å². The van der Waals surface area contributed by atoms with Gasteiger partial charge in [0.2, 0.25) is 5.91 Å². The zero-order chi connectivity index (χ0) is 15.4. The third-order valence-corrected chi connectivity index (χ3v) is 5.87. The van der Waals surface area contributed by atoms with Gasteiger partial charge in [0.15, 0.2) is 0 Å². The van der Waals surface area contributed by atoms with Crippen molar-refractivity contribution in [3.05, 3.63) is 20.8 Å². The molecule has 1 aromatic heterocycles. The fourth-order valence-electron chi connectivity index (χ4n) is 2.97. The highest BCUT2D eigenvalue weighted by atomic mass is 79.9. The van der Waals surface area contributed by atoms with Crippen molar-refractivity contribution in [3.8, 4) is 0 Å². The second-order valence-electron chi connectivity index (χ2n) is 5.54. The van der Waals surface area contributed by atoms with E-state index in [-0.39, 0.29) is 11.8 Å². The molecule has 1 aliphatic rings. The van der Waals surface area contributed by atoms with Crippen molar-refractivity contribution in [3.63, 3.8) is 0 Å². The minimum atomic E-state index is -0.840. The summed E-state index contributed by atoms with van der Waals surface area (Å²) in [5.74, 6) is -1.48. The number of carbonyl (C=O) groups is 2. The molecule has 4 nitrogen and oxygen atoms in total. The Bertz CT molecular complexity index is 517. The first-order chi connectivity index (χ1) is 10.0. The minimum absolute atomic E-state index is 0.103. The fraction of sp³-hybridized carbons (Fsp3) is 0.600. The summed E-state index contributed by atoms with van der Waals surface area (Å²) in [6, 6.07) is 4.02. The summed E-state index contributed by atoms with van der Waals surface area (Å²) in [7, 11) is 0. The number of carboxylic acids is 1. The zero-order valence-electron chi connectivity index (χ0n) is 12.0. The Balaban J connectivity index is 1.85. The van der Waals surface area contributed by atoms with Crippen LogP contribution in [0, 0.1) is 17.8 Å². The lowest BCUT2D eigenvalue weighted by Gasteiger charge is -2.15. The zero-order valence-corrected chi connectivity index (χ0v) is 14.4. The van der Waals surface area contributed by atoms with Crippen molar-refractivity contribution < 1.29 is 14.7 Å². The van der Waals surface area contributed by atoms with Crippen molar-refractivity contribution in [1.82, 2.24) is 5.32 Å². The average Bonchev–Trinajstić information content (AvgIpc) is 3.04. The van der Waals surface area contributed by atoms with Crippen molar-refractivity contribution in [2.24, 2.45) is 17.8 Å².